The molecule has 1 N–H and O–H groups in total. The normalized spacial score (nSPS) is 11.2. The lowest BCUT2D eigenvalue weighted by Crippen LogP contribution is -2.26. The fourth-order valence-corrected chi connectivity index (χ4v) is 3.67. The topological polar surface area (TPSA) is 65.4 Å². The second kappa shape index (κ2) is 7.33. The number of rotatable bonds is 6. The summed E-state index contributed by atoms with van der Waals surface area (Å²) in [6.45, 7) is 1.88. The van der Waals surface area contributed by atoms with Crippen LogP contribution < -0.4 is 0 Å². The predicted molar refractivity (Wildman–Crippen MR) is 95.7 cm³/mol. The van der Waals surface area contributed by atoms with Crippen LogP contribution in [0.2, 0.25) is 0 Å². The minimum absolute atomic E-state index is 0.666. The SMILES string of the molecule is Cc1nc(SCCC(C#N)(c2ccccc2)c2ccccc2)n[nH]1. The van der Waals surface area contributed by atoms with Crippen LogP contribution in [0, 0.1) is 18.3 Å². The monoisotopic (exact) mass is 334 g/mol. The van der Waals surface area contributed by atoms with Gasteiger partial charge in [0.1, 0.15) is 11.2 Å². The van der Waals surface area contributed by atoms with E-state index in [2.05, 4.69) is 21.3 Å². The second-order valence-electron chi connectivity index (χ2n) is 5.55. The molecular formula is C19H18N4S. The van der Waals surface area contributed by atoms with Crippen molar-refractivity contribution in [1.29, 1.82) is 5.26 Å². The standard InChI is InChI=1S/C19H18N4S/c1-15-21-18(23-22-15)24-13-12-19(14-20,16-8-4-2-5-9-16)17-10-6-3-7-11-17/h2-11H,12-13H2,1H3,(H,21,22,23). The summed E-state index contributed by atoms with van der Waals surface area (Å²) in [6.07, 6.45) is 0.690. The van der Waals surface area contributed by atoms with Crippen LogP contribution in [0.3, 0.4) is 0 Å². The molecule has 0 saturated heterocycles. The van der Waals surface area contributed by atoms with Crippen molar-refractivity contribution >= 4 is 11.8 Å². The third kappa shape index (κ3) is 3.34. The molecule has 3 aromatic rings. The molecule has 0 bridgehead atoms. The van der Waals surface area contributed by atoms with Gasteiger partial charge in [-0.3, -0.25) is 5.10 Å². The van der Waals surface area contributed by atoms with Crippen LogP contribution in [-0.4, -0.2) is 20.9 Å². The van der Waals surface area contributed by atoms with Crippen LogP contribution in [0.5, 0.6) is 0 Å². The van der Waals surface area contributed by atoms with Gasteiger partial charge in [-0.25, -0.2) is 4.98 Å². The molecule has 0 fully saturated rings. The van der Waals surface area contributed by atoms with Gasteiger partial charge in [0.05, 0.1) is 6.07 Å². The molecule has 0 spiro atoms. The smallest absolute Gasteiger partial charge is 0.208 e. The molecule has 1 heterocycles. The number of nitrogens with one attached hydrogen (secondary N) is 1. The number of hydrogen-bond acceptors (Lipinski definition) is 4. The van der Waals surface area contributed by atoms with Gasteiger partial charge >= 0.3 is 0 Å². The Morgan fingerprint density at radius 2 is 1.62 bits per heavy atom. The van der Waals surface area contributed by atoms with Crippen molar-refractivity contribution in [1.82, 2.24) is 15.2 Å². The van der Waals surface area contributed by atoms with E-state index < -0.39 is 5.41 Å². The van der Waals surface area contributed by atoms with E-state index in [-0.39, 0.29) is 0 Å². The van der Waals surface area contributed by atoms with E-state index in [0.717, 1.165) is 27.9 Å². The number of thioether (sulfide) groups is 1. The first-order valence-corrected chi connectivity index (χ1v) is 8.77. The van der Waals surface area contributed by atoms with Crippen LogP contribution in [0.4, 0.5) is 0 Å². The van der Waals surface area contributed by atoms with Gasteiger partial charge in [-0.05, 0) is 24.5 Å². The Bertz CT molecular complexity index is 782. The summed E-state index contributed by atoms with van der Waals surface area (Å²) in [7, 11) is 0. The number of aryl methyl sites for hydroxylation is 1. The highest BCUT2D eigenvalue weighted by molar-refractivity contribution is 7.99. The lowest BCUT2D eigenvalue weighted by atomic mass is 9.74. The molecule has 0 aliphatic carbocycles. The van der Waals surface area contributed by atoms with Crippen molar-refractivity contribution in [3.05, 3.63) is 77.6 Å². The fraction of sp³-hybridized carbons (Fsp3) is 0.211. The molecule has 3 rings (SSSR count). The average molecular weight is 334 g/mol. The summed E-state index contributed by atoms with van der Waals surface area (Å²) in [5.74, 6) is 1.56. The number of benzene rings is 2. The van der Waals surface area contributed by atoms with Gasteiger partial charge in [-0.15, -0.1) is 5.10 Å². The molecule has 2 aromatic carbocycles. The zero-order valence-corrected chi connectivity index (χ0v) is 14.3. The molecule has 0 aliphatic heterocycles. The minimum atomic E-state index is -0.666. The lowest BCUT2D eigenvalue weighted by molar-refractivity contribution is 0.637. The molecule has 0 amide bonds. The first-order valence-electron chi connectivity index (χ1n) is 7.79. The number of H-pyrrole nitrogens is 1. The summed E-state index contributed by atoms with van der Waals surface area (Å²) in [6, 6.07) is 22.6. The van der Waals surface area contributed by atoms with Crippen molar-refractivity contribution in [2.24, 2.45) is 0 Å². The Labute approximate surface area is 146 Å². The summed E-state index contributed by atoms with van der Waals surface area (Å²) in [5, 5.41) is 17.8. The van der Waals surface area contributed by atoms with Crippen molar-refractivity contribution < 1.29 is 0 Å². The summed E-state index contributed by atoms with van der Waals surface area (Å²) < 4.78 is 0. The van der Waals surface area contributed by atoms with Gasteiger partial charge < -0.3 is 0 Å². The molecule has 0 saturated carbocycles. The van der Waals surface area contributed by atoms with E-state index in [1.54, 1.807) is 11.8 Å². The van der Waals surface area contributed by atoms with Gasteiger partial charge in [-0.1, -0.05) is 72.4 Å². The zero-order chi connectivity index (χ0) is 16.8. The predicted octanol–water partition coefficient (Wildman–Crippen LogP) is 4.11. The molecular weight excluding hydrogens is 316 g/mol. The fourth-order valence-electron chi connectivity index (χ4n) is 2.77. The van der Waals surface area contributed by atoms with Gasteiger partial charge in [0.15, 0.2) is 0 Å². The molecule has 0 radical (unpaired) electrons. The quantitative estimate of drug-likeness (QED) is 0.689. The van der Waals surface area contributed by atoms with Crippen molar-refractivity contribution in [3.63, 3.8) is 0 Å². The molecule has 4 nitrogen and oxygen atoms in total. The highest BCUT2D eigenvalue weighted by Gasteiger charge is 2.34. The van der Waals surface area contributed by atoms with E-state index in [0.29, 0.717) is 6.42 Å². The van der Waals surface area contributed by atoms with Crippen LogP contribution in [0.1, 0.15) is 23.4 Å². The lowest BCUT2D eigenvalue weighted by Gasteiger charge is -2.27. The minimum Gasteiger partial charge on any atom is -0.262 e. The van der Waals surface area contributed by atoms with Crippen molar-refractivity contribution in [2.45, 2.75) is 23.9 Å². The van der Waals surface area contributed by atoms with Gasteiger partial charge in [0.25, 0.3) is 0 Å². The van der Waals surface area contributed by atoms with E-state index in [1.807, 2.05) is 67.6 Å². The third-order valence-electron chi connectivity index (χ3n) is 4.01. The average Bonchev–Trinajstić information content (AvgIpc) is 3.06. The van der Waals surface area contributed by atoms with Crippen molar-refractivity contribution in [2.75, 3.05) is 5.75 Å². The number of nitriles is 1. The molecule has 0 unspecified atom stereocenters. The maximum absolute atomic E-state index is 10.1. The highest BCUT2D eigenvalue weighted by atomic mass is 32.2. The molecule has 1 aromatic heterocycles. The first kappa shape index (κ1) is 16.3. The number of aromatic nitrogens is 3. The Balaban J connectivity index is 1.89. The molecule has 5 heteroatoms. The molecule has 0 atom stereocenters. The van der Waals surface area contributed by atoms with Crippen LogP contribution >= 0.6 is 11.8 Å². The van der Waals surface area contributed by atoms with E-state index in [4.69, 9.17) is 0 Å². The van der Waals surface area contributed by atoms with Gasteiger partial charge in [0.2, 0.25) is 5.16 Å². The Kier molecular flexibility index (Phi) is 4.97. The third-order valence-corrected chi connectivity index (χ3v) is 4.86. The maximum Gasteiger partial charge on any atom is 0.208 e. The Hall–Kier alpha value is -2.58. The van der Waals surface area contributed by atoms with Crippen LogP contribution in [0.25, 0.3) is 0 Å². The molecule has 0 aliphatic rings. The number of hydrogen-bond donors (Lipinski definition) is 1. The Morgan fingerprint density at radius 1 is 1.04 bits per heavy atom. The van der Waals surface area contributed by atoms with Gasteiger partial charge in [0, 0.05) is 5.75 Å². The van der Waals surface area contributed by atoms with Gasteiger partial charge in [-0.2, -0.15) is 5.26 Å². The first-order chi connectivity index (χ1) is 11.7. The Morgan fingerprint density at radius 3 is 2.08 bits per heavy atom. The molecule has 24 heavy (non-hydrogen) atoms. The van der Waals surface area contributed by atoms with E-state index in [1.165, 1.54) is 0 Å². The summed E-state index contributed by atoms with van der Waals surface area (Å²) in [5.41, 5.74) is 1.37. The maximum atomic E-state index is 10.1. The summed E-state index contributed by atoms with van der Waals surface area (Å²) in [4.78, 5) is 4.31. The van der Waals surface area contributed by atoms with Crippen molar-refractivity contribution in [3.8, 4) is 6.07 Å². The molecule has 120 valence electrons. The zero-order valence-electron chi connectivity index (χ0n) is 13.4. The number of aromatic amines is 1. The van der Waals surface area contributed by atoms with E-state index in [9.17, 15) is 5.26 Å². The van der Waals surface area contributed by atoms with E-state index >= 15 is 0 Å². The number of nitrogens with zero attached hydrogens (tertiary/aromatic N) is 3. The van der Waals surface area contributed by atoms with Crippen LogP contribution in [0.15, 0.2) is 65.8 Å². The summed E-state index contributed by atoms with van der Waals surface area (Å²) >= 11 is 1.57. The largest absolute Gasteiger partial charge is 0.262 e. The van der Waals surface area contributed by atoms with Crippen LogP contribution in [-0.2, 0) is 5.41 Å². The highest BCUT2D eigenvalue weighted by Crippen LogP contribution is 2.36. The second-order valence-corrected chi connectivity index (χ2v) is 6.61.